The number of rotatable bonds is 10. The second kappa shape index (κ2) is 10.6. The first-order chi connectivity index (χ1) is 13.9. The van der Waals surface area contributed by atoms with Gasteiger partial charge in [0.25, 0.3) is 17.7 Å². The van der Waals surface area contributed by atoms with Crippen molar-refractivity contribution in [3.05, 3.63) is 35.4 Å². The van der Waals surface area contributed by atoms with Crippen molar-refractivity contribution in [2.45, 2.75) is 19.4 Å². The Kier molecular flexibility index (Phi) is 8.20. The first kappa shape index (κ1) is 22.4. The SMILES string of the molecule is CCNC(=O)CNC(=O)COC(=O)[C@H](CCSC)N1C(=O)c2ccccc2C1=O. The molecule has 1 aromatic rings. The lowest BCUT2D eigenvalue weighted by Crippen LogP contribution is -2.47. The van der Waals surface area contributed by atoms with Gasteiger partial charge in [0.1, 0.15) is 6.04 Å². The molecule has 0 unspecified atom stereocenters. The molecule has 0 saturated carbocycles. The highest BCUT2D eigenvalue weighted by atomic mass is 32.2. The van der Waals surface area contributed by atoms with Crippen LogP contribution < -0.4 is 10.6 Å². The lowest BCUT2D eigenvalue weighted by Gasteiger charge is -2.24. The number of carbonyl (C=O) groups excluding carboxylic acids is 5. The van der Waals surface area contributed by atoms with E-state index in [0.717, 1.165) is 4.90 Å². The highest BCUT2D eigenvalue weighted by molar-refractivity contribution is 7.98. The number of fused-ring (bicyclic) bond motifs is 1. The van der Waals surface area contributed by atoms with Gasteiger partial charge < -0.3 is 15.4 Å². The number of hydrogen-bond acceptors (Lipinski definition) is 7. The summed E-state index contributed by atoms with van der Waals surface area (Å²) in [5.41, 5.74) is 0.471. The molecule has 2 N–H and O–H groups in total. The number of nitrogens with zero attached hydrogens (tertiary/aromatic N) is 1. The van der Waals surface area contributed by atoms with Crippen LogP contribution in [0.1, 0.15) is 34.1 Å². The molecule has 0 spiro atoms. The highest BCUT2D eigenvalue weighted by Gasteiger charge is 2.43. The van der Waals surface area contributed by atoms with Gasteiger partial charge in [0, 0.05) is 6.54 Å². The summed E-state index contributed by atoms with van der Waals surface area (Å²) in [6.45, 7) is 1.33. The second-order valence-corrected chi connectivity index (χ2v) is 7.15. The highest BCUT2D eigenvalue weighted by Crippen LogP contribution is 2.26. The maximum absolute atomic E-state index is 12.7. The van der Waals surface area contributed by atoms with E-state index in [1.165, 1.54) is 23.9 Å². The van der Waals surface area contributed by atoms with Crippen LogP contribution in [0.2, 0.25) is 0 Å². The Bertz CT molecular complexity index is 778. The zero-order chi connectivity index (χ0) is 21.4. The minimum Gasteiger partial charge on any atom is -0.454 e. The van der Waals surface area contributed by atoms with E-state index < -0.39 is 36.3 Å². The number of likely N-dealkylation sites (N-methyl/N-ethyl adjacent to an activating group) is 1. The average molecular weight is 421 g/mol. The zero-order valence-corrected chi connectivity index (χ0v) is 17.0. The second-order valence-electron chi connectivity index (χ2n) is 6.16. The fourth-order valence-corrected chi connectivity index (χ4v) is 3.25. The quantitative estimate of drug-likeness (QED) is 0.409. The molecule has 1 aromatic carbocycles. The number of nitrogens with one attached hydrogen (secondary N) is 2. The van der Waals surface area contributed by atoms with E-state index in [-0.39, 0.29) is 30.0 Å². The third kappa shape index (κ3) is 5.57. The molecule has 0 aliphatic carbocycles. The molecular formula is C19H23N3O6S. The summed E-state index contributed by atoms with van der Waals surface area (Å²) >= 11 is 1.45. The van der Waals surface area contributed by atoms with Crippen LogP contribution in [0, 0.1) is 0 Å². The molecule has 1 aliphatic rings. The summed E-state index contributed by atoms with van der Waals surface area (Å²) in [6, 6.07) is 5.21. The van der Waals surface area contributed by atoms with Crippen LogP contribution in [-0.2, 0) is 19.1 Å². The Morgan fingerprint density at radius 1 is 1.07 bits per heavy atom. The summed E-state index contributed by atoms with van der Waals surface area (Å²) in [4.78, 5) is 62.0. The Labute approximate surface area is 172 Å². The Hall–Kier alpha value is -2.88. The largest absolute Gasteiger partial charge is 0.454 e. The van der Waals surface area contributed by atoms with E-state index in [1.807, 2.05) is 6.26 Å². The van der Waals surface area contributed by atoms with Gasteiger partial charge in [-0.25, -0.2) is 4.79 Å². The first-order valence-corrected chi connectivity index (χ1v) is 10.5. The molecule has 10 heteroatoms. The van der Waals surface area contributed by atoms with Crippen LogP contribution in [0.4, 0.5) is 0 Å². The topological polar surface area (TPSA) is 122 Å². The molecule has 156 valence electrons. The maximum Gasteiger partial charge on any atom is 0.329 e. The molecule has 0 fully saturated rings. The smallest absolute Gasteiger partial charge is 0.329 e. The molecule has 0 radical (unpaired) electrons. The molecule has 9 nitrogen and oxygen atoms in total. The average Bonchev–Trinajstić information content (AvgIpc) is 2.96. The maximum atomic E-state index is 12.7. The number of benzene rings is 1. The van der Waals surface area contributed by atoms with Gasteiger partial charge in [0.15, 0.2) is 6.61 Å². The van der Waals surface area contributed by atoms with Crippen molar-refractivity contribution in [3.63, 3.8) is 0 Å². The van der Waals surface area contributed by atoms with Gasteiger partial charge in [0.05, 0.1) is 17.7 Å². The number of amides is 4. The van der Waals surface area contributed by atoms with Crippen LogP contribution in [0.25, 0.3) is 0 Å². The van der Waals surface area contributed by atoms with E-state index in [1.54, 1.807) is 19.1 Å². The van der Waals surface area contributed by atoms with Crippen molar-refractivity contribution < 1.29 is 28.7 Å². The molecule has 29 heavy (non-hydrogen) atoms. The van der Waals surface area contributed by atoms with E-state index in [2.05, 4.69) is 10.6 Å². The lowest BCUT2D eigenvalue weighted by molar-refractivity contribution is -0.152. The zero-order valence-electron chi connectivity index (χ0n) is 16.2. The predicted molar refractivity (Wildman–Crippen MR) is 106 cm³/mol. The van der Waals surface area contributed by atoms with Crippen molar-refractivity contribution >= 4 is 41.4 Å². The van der Waals surface area contributed by atoms with Gasteiger partial charge in [-0.15, -0.1) is 0 Å². The summed E-state index contributed by atoms with van der Waals surface area (Å²) in [5, 5.41) is 4.84. The molecular weight excluding hydrogens is 398 g/mol. The molecule has 0 bridgehead atoms. The van der Waals surface area contributed by atoms with Crippen LogP contribution in [-0.4, -0.2) is 72.2 Å². The third-order valence-corrected chi connectivity index (χ3v) is 4.81. The van der Waals surface area contributed by atoms with Crippen LogP contribution in [0.3, 0.4) is 0 Å². The van der Waals surface area contributed by atoms with E-state index in [9.17, 15) is 24.0 Å². The summed E-state index contributed by atoms with van der Waals surface area (Å²) in [6.07, 6.45) is 2.03. The molecule has 1 atom stereocenters. The Morgan fingerprint density at radius 3 is 2.24 bits per heavy atom. The normalized spacial score (nSPS) is 13.7. The van der Waals surface area contributed by atoms with E-state index in [0.29, 0.717) is 12.3 Å². The molecule has 0 saturated heterocycles. The van der Waals surface area contributed by atoms with Crippen LogP contribution in [0.15, 0.2) is 24.3 Å². The third-order valence-electron chi connectivity index (χ3n) is 4.17. The van der Waals surface area contributed by atoms with Gasteiger partial charge >= 0.3 is 5.97 Å². The molecule has 0 aromatic heterocycles. The minimum absolute atomic E-state index is 0.200. The van der Waals surface area contributed by atoms with Gasteiger partial charge in [-0.3, -0.25) is 24.1 Å². The standard InChI is InChI=1S/C19H23N3O6S/c1-3-20-15(23)10-21-16(24)11-28-19(27)14(8-9-29-2)22-17(25)12-6-4-5-7-13(12)18(22)26/h4-7,14H,3,8-11H2,1-2H3,(H,20,23)(H,21,24)/t14-/m0/s1. The van der Waals surface area contributed by atoms with Crippen molar-refractivity contribution in [3.8, 4) is 0 Å². The molecule has 1 aliphatic heterocycles. The van der Waals surface area contributed by atoms with Crippen LogP contribution >= 0.6 is 11.8 Å². The molecule has 2 rings (SSSR count). The monoisotopic (exact) mass is 421 g/mol. The fourth-order valence-electron chi connectivity index (χ4n) is 2.80. The van der Waals surface area contributed by atoms with Gasteiger partial charge in [-0.2, -0.15) is 11.8 Å². The summed E-state index contributed by atoms with van der Waals surface area (Å²) in [5.74, 6) is -2.48. The number of thioether (sulfide) groups is 1. The van der Waals surface area contributed by atoms with E-state index in [4.69, 9.17) is 4.74 Å². The number of carbonyl (C=O) groups is 5. The van der Waals surface area contributed by atoms with E-state index >= 15 is 0 Å². The number of ether oxygens (including phenoxy) is 1. The number of hydrogen-bond donors (Lipinski definition) is 2. The van der Waals surface area contributed by atoms with Crippen molar-refractivity contribution in [2.24, 2.45) is 0 Å². The van der Waals surface area contributed by atoms with Gasteiger partial charge in [-0.1, -0.05) is 12.1 Å². The van der Waals surface area contributed by atoms with Gasteiger partial charge in [0.2, 0.25) is 5.91 Å². The van der Waals surface area contributed by atoms with Crippen molar-refractivity contribution in [2.75, 3.05) is 31.7 Å². The van der Waals surface area contributed by atoms with Crippen LogP contribution in [0.5, 0.6) is 0 Å². The number of esters is 1. The Balaban J connectivity index is 2.02. The molecule has 1 heterocycles. The number of imide groups is 1. The Morgan fingerprint density at radius 2 is 1.69 bits per heavy atom. The molecule has 4 amide bonds. The lowest BCUT2D eigenvalue weighted by atomic mass is 10.1. The predicted octanol–water partition coefficient (Wildman–Crippen LogP) is 0.200. The summed E-state index contributed by atoms with van der Waals surface area (Å²) < 4.78 is 5.03. The van der Waals surface area contributed by atoms with Crippen molar-refractivity contribution in [1.82, 2.24) is 15.5 Å². The van der Waals surface area contributed by atoms with Crippen molar-refractivity contribution in [1.29, 1.82) is 0 Å². The minimum atomic E-state index is -1.13. The summed E-state index contributed by atoms with van der Waals surface area (Å²) in [7, 11) is 0. The van der Waals surface area contributed by atoms with Gasteiger partial charge in [-0.05, 0) is 37.5 Å². The first-order valence-electron chi connectivity index (χ1n) is 9.06. The fraction of sp³-hybridized carbons (Fsp3) is 0.421.